The van der Waals surface area contributed by atoms with Gasteiger partial charge in [0, 0.05) is 6.04 Å². The normalized spacial score (nSPS) is 26.1. The van der Waals surface area contributed by atoms with Crippen LogP contribution in [0, 0.1) is 0 Å². The number of aliphatic hydroxyl groups excluding tert-OH is 1. The summed E-state index contributed by atoms with van der Waals surface area (Å²) in [5.74, 6) is 0. The molecule has 0 aliphatic heterocycles. The molecule has 3 N–H and O–H groups in total. The van der Waals surface area contributed by atoms with Crippen molar-refractivity contribution in [2.75, 3.05) is 7.11 Å². The van der Waals surface area contributed by atoms with Gasteiger partial charge in [-0.1, -0.05) is 0 Å². The van der Waals surface area contributed by atoms with E-state index in [9.17, 15) is 18.3 Å². The highest BCUT2D eigenvalue weighted by Gasteiger charge is 2.24. The van der Waals surface area contributed by atoms with Gasteiger partial charge >= 0.3 is 16.3 Å². The first kappa shape index (κ1) is 13.2. The topological polar surface area (TPSA) is 105 Å². The highest BCUT2D eigenvalue weighted by atomic mass is 32.2. The minimum atomic E-state index is -3.87. The maximum Gasteiger partial charge on any atom is 0.421 e. The standard InChI is InChI=1S/C8H16N2O5S/c1-15-8(12)10-16(13,14)9-6-2-4-7(11)5-3-6/h6-7,9,11H,2-5H2,1H3,(H,10,12). The van der Waals surface area contributed by atoms with E-state index in [1.807, 2.05) is 0 Å². The quantitative estimate of drug-likeness (QED) is 0.627. The van der Waals surface area contributed by atoms with E-state index in [2.05, 4.69) is 9.46 Å². The van der Waals surface area contributed by atoms with Crippen LogP contribution < -0.4 is 9.44 Å². The van der Waals surface area contributed by atoms with Gasteiger partial charge in [0.25, 0.3) is 0 Å². The lowest BCUT2D eigenvalue weighted by atomic mass is 9.94. The van der Waals surface area contributed by atoms with Crippen molar-refractivity contribution in [1.29, 1.82) is 0 Å². The molecule has 1 saturated carbocycles. The van der Waals surface area contributed by atoms with E-state index in [1.165, 1.54) is 0 Å². The molecule has 16 heavy (non-hydrogen) atoms. The van der Waals surface area contributed by atoms with Gasteiger partial charge in [-0.05, 0) is 25.7 Å². The first-order valence-electron chi connectivity index (χ1n) is 4.99. The summed E-state index contributed by atoms with van der Waals surface area (Å²) < 4.78 is 30.9. The van der Waals surface area contributed by atoms with E-state index < -0.39 is 16.3 Å². The molecule has 0 unspecified atom stereocenters. The molecule has 1 fully saturated rings. The predicted molar refractivity (Wildman–Crippen MR) is 55.9 cm³/mol. The molecule has 0 bridgehead atoms. The molecule has 7 nitrogen and oxygen atoms in total. The Morgan fingerprint density at radius 3 is 2.38 bits per heavy atom. The van der Waals surface area contributed by atoms with Gasteiger partial charge in [0.15, 0.2) is 0 Å². The smallest absolute Gasteiger partial charge is 0.421 e. The zero-order valence-corrected chi connectivity index (χ0v) is 9.79. The third kappa shape index (κ3) is 4.33. The van der Waals surface area contributed by atoms with E-state index in [0.29, 0.717) is 25.7 Å². The number of aliphatic hydroxyl groups is 1. The Labute approximate surface area is 94.4 Å². The summed E-state index contributed by atoms with van der Waals surface area (Å²) in [6, 6.07) is -0.245. The molecule has 0 radical (unpaired) electrons. The van der Waals surface area contributed by atoms with Gasteiger partial charge in [-0.3, -0.25) is 0 Å². The summed E-state index contributed by atoms with van der Waals surface area (Å²) in [5, 5.41) is 9.24. The number of amides is 1. The van der Waals surface area contributed by atoms with Gasteiger partial charge < -0.3 is 9.84 Å². The third-order valence-electron chi connectivity index (χ3n) is 2.42. The van der Waals surface area contributed by atoms with E-state index in [1.54, 1.807) is 4.72 Å². The molecule has 94 valence electrons. The maximum absolute atomic E-state index is 11.4. The largest absolute Gasteiger partial charge is 0.452 e. The van der Waals surface area contributed by atoms with Crippen molar-refractivity contribution in [3.8, 4) is 0 Å². The Morgan fingerprint density at radius 2 is 1.88 bits per heavy atom. The van der Waals surface area contributed by atoms with E-state index in [-0.39, 0.29) is 12.1 Å². The monoisotopic (exact) mass is 252 g/mol. The van der Waals surface area contributed by atoms with Crippen molar-refractivity contribution in [3.05, 3.63) is 0 Å². The highest BCUT2D eigenvalue weighted by Crippen LogP contribution is 2.18. The van der Waals surface area contributed by atoms with Gasteiger partial charge in [-0.25, -0.2) is 9.52 Å². The fourth-order valence-electron chi connectivity index (χ4n) is 1.59. The third-order valence-corrected chi connectivity index (χ3v) is 3.50. The Morgan fingerprint density at radius 1 is 1.31 bits per heavy atom. The molecule has 1 aliphatic rings. The molecule has 0 atom stereocenters. The van der Waals surface area contributed by atoms with Gasteiger partial charge in [-0.15, -0.1) is 0 Å². The fourth-order valence-corrected chi connectivity index (χ4v) is 2.63. The molecule has 0 heterocycles. The van der Waals surface area contributed by atoms with Crippen LogP contribution in [0.15, 0.2) is 0 Å². The minimum Gasteiger partial charge on any atom is -0.452 e. The second-order valence-electron chi connectivity index (χ2n) is 3.72. The van der Waals surface area contributed by atoms with Crippen LogP contribution in [-0.2, 0) is 14.9 Å². The Hall–Kier alpha value is -0.860. The summed E-state index contributed by atoms with van der Waals surface area (Å²) in [6.45, 7) is 0. The molecular formula is C8H16N2O5S. The maximum atomic E-state index is 11.4. The summed E-state index contributed by atoms with van der Waals surface area (Å²) in [4.78, 5) is 10.7. The first-order valence-corrected chi connectivity index (χ1v) is 6.47. The predicted octanol–water partition coefficient (Wildman–Crippen LogP) is -0.520. The molecule has 1 amide bonds. The molecule has 1 rings (SSSR count). The van der Waals surface area contributed by atoms with Crippen LogP contribution in [-0.4, -0.2) is 38.9 Å². The van der Waals surface area contributed by atoms with Crippen molar-refractivity contribution in [2.45, 2.75) is 37.8 Å². The van der Waals surface area contributed by atoms with Crippen LogP contribution in [0.1, 0.15) is 25.7 Å². The van der Waals surface area contributed by atoms with Gasteiger partial charge in [0.05, 0.1) is 13.2 Å². The summed E-state index contributed by atoms with van der Waals surface area (Å²) in [6.07, 6.45) is 0.862. The van der Waals surface area contributed by atoms with Crippen molar-refractivity contribution in [1.82, 2.24) is 9.44 Å². The number of hydrogen-bond acceptors (Lipinski definition) is 5. The van der Waals surface area contributed by atoms with Crippen LogP contribution in [0.25, 0.3) is 0 Å². The molecule has 1 aliphatic carbocycles. The number of rotatable bonds is 3. The average Bonchev–Trinajstić information content (AvgIpc) is 2.20. The van der Waals surface area contributed by atoms with Crippen LogP contribution in [0.3, 0.4) is 0 Å². The van der Waals surface area contributed by atoms with E-state index in [4.69, 9.17) is 0 Å². The zero-order chi connectivity index (χ0) is 12.2. The van der Waals surface area contributed by atoms with Gasteiger partial charge in [0.2, 0.25) is 0 Å². The van der Waals surface area contributed by atoms with Crippen molar-refractivity contribution in [2.24, 2.45) is 0 Å². The minimum absolute atomic E-state index is 0.245. The summed E-state index contributed by atoms with van der Waals surface area (Å²) in [7, 11) is -2.78. The van der Waals surface area contributed by atoms with Crippen molar-refractivity contribution >= 4 is 16.3 Å². The second-order valence-corrected chi connectivity index (χ2v) is 5.17. The fraction of sp³-hybridized carbons (Fsp3) is 0.875. The zero-order valence-electron chi connectivity index (χ0n) is 8.97. The number of methoxy groups -OCH3 is 1. The van der Waals surface area contributed by atoms with Gasteiger partial charge in [0.1, 0.15) is 0 Å². The first-order chi connectivity index (χ1) is 7.43. The number of carbonyl (C=O) groups excluding carboxylic acids is 1. The van der Waals surface area contributed by atoms with E-state index in [0.717, 1.165) is 7.11 Å². The van der Waals surface area contributed by atoms with Crippen LogP contribution >= 0.6 is 0 Å². The lowest BCUT2D eigenvalue weighted by Crippen LogP contribution is -2.46. The number of ether oxygens (including phenoxy) is 1. The second kappa shape index (κ2) is 5.46. The summed E-state index contributed by atoms with van der Waals surface area (Å²) >= 11 is 0. The Kier molecular flexibility index (Phi) is 4.51. The van der Waals surface area contributed by atoms with Crippen LogP contribution in [0.2, 0.25) is 0 Å². The number of hydrogen-bond donors (Lipinski definition) is 3. The lowest BCUT2D eigenvalue weighted by Gasteiger charge is -2.25. The number of nitrogens with one attached hydrogen (secondary N) is 2. The highest BCUT2D eigenvalue weighted by molar-refractivity contribution is 7.88. The van der Waals surface area contributed by atoms with Gasteiger partial charge in [-0.2, -0.15) is 13.1 Å². The molecule has 8 heteroatoms. The lowest BCUT2D eigenvalue weighted by molar-refractivity contribution is 0.120. The Balaban J connectivity index is 2.44. The van der Waals surface area contributed by atoms with Crippen molar-refractivity contribution in [3.63, 3.8) is 0 Å². The van der Waals surface area contributed by atoms with Crippen molar-refractivity contribution < 1.29 is 23.1 Å². The molecule has 0 aromatic rings. The van der Waals surface area contributed by atoms with E-state index >= 15 is 0 Å². The molecule has 0 spiro atoms. The molecule has 0 saturated heterocycles. The molecule has 0 aromatic carbocycles. The molecule has 0 aromatic heterocycles. The average molecular weight is 252 g/mol. The SMILES string of the molecule is COC(=O)NS(=O)(=O)NC1CCC(O)CC1. The number of carbonyl (C=O) groups is 1. The Bertz CT molecular complexity index is 334. The molecular weight excluding hydrogens is 236 g/mol. The van der Waals surface area contributed by atoms with Crippen LogP contribution in [0.4, 0.5) is 4.79 Å². The summed E-state index contributed by atoms with van der Waals surface area (Å²) in [5.41, 5.74) is 0. The van der Waals surface area contributed by atoms with Crippen LogP contribution in [0.5, 0.6) is 0 Å².